The van der Waals surface area contributed by atoms with Gasteiger partial charge in [0, 0.05) is 16.8 Å². The average molecular weight is 257 g/mol. The maximum atomic E-state index is 13.1. The van der Waals surface area contributed by atoms with Crippen LogP contribution in [0.3, 0.4) is 0 Å². The molecule has 0 unspecified atom stereocenters. The fourth-order valence-electron chi connectivity index (χ4n) is 2.05. The quantitative estimate of drug-likeness (QED) is 0.779. The van der Waals surface area contributed by atoms with Crippen LogP contribution >= 0.6 is 0 Å². The van der Waals surface area contributed by atoms with Crippen molar-refractivity contribution in [3.8, 4) is 0 Å². The Morgan fingerprint density at radius 2 is 1.79 bits per heavy atom. The summed E-state index contributed by atoms with van der Waals surface area (Å²) in [7, 11) is 0. The van der Waals surface area contributed by atoms with Crippen molar-refractivity contribution in [3.63, 3.8) is 0 Å². The van der Waals surface area contributed by atoms with Crippen molar-refractivity contribution in [2.75, 3.05) is 5.32 Å². The SMILES string of the molecule is O=C1Nc2ccccc2/C1=C\c1ccc(F)c(F)c1. The summed E-state index contributed by atoms with van der Waals surface area (Å²) in [6.45, 7) is 0. The van der Waals surface area contributed by atoms with Crippen molar-refractivity contribution in [2.24, 2.45) is 0 Å². The standard InChI is InChI=1S/C15H9F2NO/c16-12-6-5-9(8-13(12)17)7-11-10-3-1-2-4-14(10)18-15(11)19/h1-8H,(H,18,19)/b11-7+. The highest BCUT2D eigenvalue weighted by atomic mass is 19.2. The molecule has 19 heavy (non-hydrogen) atoms. The first-order valence-corrected chi connectivity index (χ1v) is 5.72. The summed E-state index contributed by atoms with van der Waals surface area (Å²) in [5.41, 5.74) is 2.38. The second-order valence-corrected chi connectivity index (χ2v) is 4.23. The molecule has 1 heterocycles. The molecule has 0 radical (unpaired) electrons. The Labute approximate surface area is 108 Å². The zero-order valence-electron chi connectivity index (χ0n) is 9.78. The lowest BCUT2D eigenvalue weighted by molar-refractivity contribution is -0.110. The average Bonchev–Trinajstić information content (AvgIpc) is 2.71. The van der Waals surface area contributed by atoms with Crippen LogP contribution in [-0.4, -0.2) is 5.91 Å². The molecule has 0 fully saturated rings. The third-order valence-corrected chi connectivity index (χ3v) is 2.96. The van der Waals surface area contributed by atoms with Gasteiger partial charge >= 0.3 is 0 Å². The molecule has 2 aromatic rings. The number of carbonyl (C=O) groups is 1. The second kappa shape index (κ2) is 4.31. The van der Waals surface area contributed by atoms with E-state index in [4.69, 9.17) is 0 Å². The van der Waals surface area contributed by atoms with Crippen LogP contribution in [0.15, 0.2) is 42.5 Å². The molecule has 0 atom stereocenters. The van der Waals surface area contributed by atoms with Gasteiger partial charge < -0.3 is 5.32 Å². The van der Waals surface area contributed by atoms with E-state index in [1.54, 1.807) is 18.2 Å². The first-order chi connectivity index (χ1) is 9.15. The van der Waals surface area contributed by atoms with Crippen LogP contribution in [0.5, 0.6) is 0 Å². The number of para-hydroxylation sites is 1. The van der Waals surface area contributed by atoms with Gasteiger partial charge in [0.15, 0.2) is 11.6 Å². The number of rotatable bonds is 1. The lowest BCUT2D eigenvalue weighted by Gasteiger charge is -1.99. The van der Waals surface area contributed by atoms with Gasteiger partial charge in [-0.15, -0.1) is 0 Å². The molecule has 0 saturated heterocycles. The van der Waals surface area contributed by atoms with Gasteiger partial charge in [-0.1, -0.05) is 24.3 Å². The predicted octanol–water partition coefficient (Wildman–Crippen LogP) is 3.46. The molecule has 3 rings (SSSR count). The van der Waals surface area contributed by atoms with Gasteiger partial charge in [-0.3, -0.25) is 4.79 Å². The number of nitrogens with one attached hydrogen (secondary N) is 1. The fourth-order valence-corrected chi connectivity index (χ4v) is 2.05. The number of anilines is 1. The van der Waals surface area contributed by atoms with Gasteiger partial charge in [0.2, 0.25) is 0 Å². The number of hydrogen-bond donors (Lipinski definition) is 1. The summed E-state index contributed by atoms with van der Waals surface area (Å²) >= 11 is 0. The fraction of sp³-hybridized carbons (Fsp3) is 0. The third kappa shape index (κ3) is 2.01. The molecule has 2 nitrogen and oxygen atoms in total. The van der Waals surface area contributed by atoms with E-state index in [0.717, 1.165) is 23.4 Å². The molecule has 1 amide bonds. The molecule has 0 aromatic heterocycles. The molecule has 0 bridgehead atoms. The van der Waals surface area contributed by atoms with Crippen LogP contribution in [0, 0.1) is 11.6 Å². The highest BCUT2D eigenvalue weighted by Gasteiger charge is 2.23. The van der Waals surface area contributed by atoms with Crippen molar-refractivity contribution in [1.82, 2.24) is 0 Å². The highest BCUT2D eigenvalue weighted by molar-refractivity contribution is 6.34. The van der Waals surface area contributed by atoms with E-state index in [0.29, 0.717) is 11.1 Å². The van der Waals surface area contributed by atoms with Crippen LogP contribution in [0.25, 0.3) is 11.6 Å². The molecule has 4 heteroatoms. The maximum absolute atomic E-state index is 13.1. The molecule has 1 N–H and O–H groups in total. The number of benzene rings is 2. The van der Waals surface area contributed by atoms with Crippen LogP contribution < -0.4 is 5.32 Å². The van der Waals surface area contributed by atoms with E-state index in [1.807, 2.05) is 12.1 Å². The molecule has 2 aromatic carbocycles. The molecule has 0 spiro atoms. The van der Waals surface area contributed by atoms with Crippen LogP contribution in [0.1, 0.15) is 11.1 Å². The summed E-state index contributed by atoms with van der Waals surface area (Å²) in [5, 5.41) is 2.72. The monoisotopic (exact) mass is 257 g/mol. The van der Waals surface area contributed by atoms with Crippen LogP contribution in [-0.2, 0) is 4.79 Å². The summed E-state index contributed by atoms with van der Waals surface area (Å²) < 4.78 is 26.0. The Kier molecular flexibility index (Phi) is 2.63. The summed E-state index contributed by atoms with van der Waals surface area (Å²) in [6, 6.07) is 10.8. The number of fused-ring (bicyclic) bond motifs is 1. The third-order valence-electron chi connectivity index (χ3n) is 2.96. The van der Waals surface area contributed by atoms with Crippen molar-refractivity contribution in [2.45, 2.75) is 0 Å². The Morgan fingerprint density at radius 1 is 1.00 bits per heavy atom. The minimum Gasteiger partial charge on any atom is -0.321 e. The first-order valence-electron chi connectivity index (χ1n) is 5.72. The summed E-state index contributed by atoms with van der Waals surface area (Å²) in [5.74, 6) is -2.08. The van der Waals surface area contributed by atoms with Gasteiger partial charge in [0.1, 0.15) is 0 Å². The van der Waals surface area contributed by atoms with E-state index in [1.165, 1.54) is 6.07 Å². The Balaban J connectivity index is 2.08. The van der Waals surface area contributed by atoms with E-state index in [2.05, 4.69) is 5.32 Å². The van der Waals surface area contributed by atoms with E-state index in [-0.39, 0.29) is 5.91 Å². The van der Waals surface area contributed by atoms with E-state index < -0.39 is 11.6 Å². The normalized spacial score (nSPS) is 15.5. The predicted molar refractivity (Wildman–Crippen MR) is 69.3 cm³/mol. The molecular weight excluding hydrogens is 248 g/mol. The molecule has 1 aliphatic heterocycles. The van der Waals surface area contributed by atoms with Crippen LogP contribution in [0.2, 0.25) is 0 Å². The van der Waals surface area contributed by atoms with Gasteiger partial charge in [-0.2, -0.15) is 0 Å². The first kappa shape index (κ1) is 11.6. The number of amides is 1. The Bertz CT molecular complexity index is 707. The topological polar surface area (TPSA) is 29.1 Å². The number of carbonyl (C=O) groups excluding carboxylic acids is 1. The van der Waals surface area contributed by atoms with Crippen molar-refractivity contribution >= 4 is 23.2 Å². The Morgan fingerprint density at radius 3 is 2.58 bits per heavy atom. The largest absolute Gasteiger partial charge is 0.321 e. The smallest absolute Gasteiger partial charge is 0.256 e. The maximum Gasteiger partial charge on any atom is 0.256 e. The summed E-state index contributed by atoms with van der Waals surface area (Å²) in [4.78, 5) is 11.8. The van der Waals surface area contributed by atoms with Crippen molar-refractivity contribution < 1.29 is 13.6 Å². The highest BCUT2D eigenvalue weighted by Crippen LogP contribution is 2.32. The van der Waals surface area contributed by atoms with Crippen molar-refractivity contribution in [3.05, 3.63) is 65.2 Å². The zero-order chi connectivity index (χ0) is 13.4. The molecule has 0 aliphatic carbocycles. The van der Waals surface area contributed by atoms with Gasteiger partial charge in [-0.05, 0) is 29.8 Å². The molecule has 94 valence electrons. The van der Waals surface area contributed by atoms with Gasteiger partial charge in [0.25, 0.3) is 5.91 Å². The van der Waals surface area contributed by atoms with Gasteiger partial charge in [-0.25, -0.2) is 8.78 Å². The molecular formula is C15H9F2NO. The molecule has 0 saturated carbocycles. The zero-order valence-corrected chi connectivity index (χ0v) is 9.78. The van der Waals surface area contributed by atoms with E-state index >= 15 is 0 Å². The van der Waals surface area contributed by atoms with Crippen molar-refractivity contribution in [1.29, 1.82) is 0 Å². The van der Waals surface area contributed by atoms with Gasteiger partial charge in [0.05, 0.1) is 0 Å². The van der Waals surface area contributed by atoms with E-state index in [9.17, 15) is 13.6 Å². The summed E-state index contributed by atoms with van der Waals surface area (Å²) in [6.07, 6.45) is 1.55. The minimum atomic E-state index is -0.930. The Hall–Kier alpha value is -2.49. The minimum absolute atomic E-state index is 0.245. The number of hydrogen-bond acceptors (Lipinski definition) is 1. The second-order valence-electron chi connectivity index (χ2n) is 4.23. The lowest BCUT2D eigenvalue weighted by Crippen LogP contribution is -2.03. The number of halogens is 2. The van der Waals surface area contributed by atoms with Crippen LogP contribution in [0.4, 0.5) is 14.5 Å². The molecule has 1 aliphatic rings. The lowest BCUT2D eigenvalue weighted by atomic mass is 10.0.